The molecule has 10 nitrogen and oxygen atoms in total. The highest BCUT2D eigenvalue weighted by molar-refractivity contribution is 5.88. The van der Waals surface area contributed by atoms with Gasteiger partial charge in [-0.3, -0.25) is 10.00 Å². The molecule has 10 heteroatoms. The monoisotopic (exact) mass is 439 g/mol. The number of hydrogen-bond acceptors (Lipinski definition) is 5. The highest BCUT2D eigenvalue weighted by atomic mass is 16.6. The third-order valence-corrected chi connectivity index (χ3v) is 5.20. The van der Waals surface area contributed by atoms with Crippen LogP contribution in [0.15, 0.2) is 36.5 Å². The summed E-state index contributed by atoms with van der Waals surface area (Å²) in [5, 5.41) is 10.1. The van der Waals surface area contributed by atoms with E-state index in [0.717, 1.165) is 17.5 Å². The van der Waals surface area contributed by atoms with E-state index in [1.807, 2.05) is 58.2 Å². The zero-order chi connectivity index (χ0) is 22.9. The van der Waals surface area contributed by atoms with Crippen LogP contribution in [-0.2, 0) is 4.74 Å². The maximum atomic E-state index is 12.4. The van der Waals surface area contributed by atoms with E-state index in [0.29, 0.717) is 24.7 Å². The fraction of sp³-hybridized carbons (Fsp3) is 0.455. The number of aromatic amines is 1. The number of ether oxygens (including phenoxy) is 1. The zero-order valence-corrected chi connectivity index (χ0v) is 18.8. The van der Waals surface area contributed by atoms with Gasteiger partial charge < -0.3 is 19.9 Å². The Bertz CT molecular complexity index is 1080. The lowest BCUT2D eigenvalue weighted by Gasteiger charge is -2.24. The van der Waals surface area contributed by atoms with Gasteiger partial charge in [0.1, 0.15) is 11.4 Å². The minimum absolute atomic E-state index is 0.0376. The molecule has 1 unspecified atom stereocenters. The van der Waals surface area contributed by atoms with Crippen LogP contribution in [0.3, 0.4) is 0 Å². The molecule has 2 atom stereocenters. The van der Waals surface area contributed by atoms with Crippen LogP contribution in [-0.4, -0.2) is 55.5 Å². The first kappa shape index (κ1) is 21.7. The summed E-state index contributed by atoms with van der Waals surface area (Å²) in [5.74, 6) is 1.12. The summed E-state index contributed by atoms with van der Waals surface area (Å²) in [5.41, 5.74) is 1.25. The number of imidazole rings is 1. The highest BCUT2D eigenvalue weighted by Gasteiger charge is 2.31. The molecule has 0 spiro atoms. The molecule has 1 saturated heterocycles. The molecule has 3 amide bonds. The Morgan fingerprint density at radius 1 is 1.25 bits per heavy atom. The number of hydrogen-bond donors (Lipinski definition) is 3. The Labute approximate surface area is 186 Å². The standard InChI is InChI=1S/C22H29N7O3/c1-14(19-24-16-7-5-6-8-17(16)25-19)23-20(30)26-18-10-12-29(27-18)15-9-11-28(13-15)21(31)32-22(2,3)4/h5-8,10,12,14-15H,9,11,13H2,1-4H3,(H,24,25)(H2,23,26,27,30)/t14-,15?/m0/s1. The molecule has 0 radical (unpaired) electrons. The molecule has 1 aromatic carbocycles. The van der Waals surface area contributed by atoms with E-state index in [-0.39, 0.29) is 24.2 Å². The lowest BCUT2D eigenvalue weighted by molar-refractivity contribution is 0.0288. The van der Waals surface area contributed by atoms with Gasteiger partial charge in [-0.2, -0.15) is 5.10 Å². The molecule has 4 rings (SSSR count). The van der Waals surface area contributed by atoms with Gasteiger partial charge in [-0.1, -0.05) is 12.1 Å². The average molecular weight is 440 g/mol. The van der Waals surface area contributed by atoms with Crippen molar-refractivity contribution in [2.75, 3.05) is 18.4 Å². The molecule has 170 valence electrons. The summed E-state index contributed by atoms with van der Waals surface area (Å²) < 4.78 is 7.22. The smallest absolute Gasteiger partial charge is 0.410 e. The number of rotatable bonds is 4. The Hall–Kier alpha value is -3.56. The second kappa shape index (κ2) is 8.52. The lowest BCUT2D eigenvalue weighted by atomic mass is 10.2. The SMILES string of the molecule is C[C@H](NC(=O)Nc1ccn(C2CCN(C(=O)OC(C)(C)C)C2)n1)c1nc2ccccc2[nH]1. The lowest BCUT2D eigenvalue weighted by Crippen LogP contribution is -2.35. The molecule has 3 aromatic rings. The first-order valence-electron chi connectivity index (χ1n) is 10.7. The number of fused-ring (bicyclic) bond motifs is 1. The second-order valence-corrected chi connectivity index (χ2v) is 9.01. The van der Waals surface area contributed by atoms with Crippen LogP contribution in [0.5, 0.6) is 0 Å². The molecule has 3 heterocycles. The van der Waals surface area contributed by atoms with Crippen molar-refractivity contribution in [2.45, 2.75) is 51.8 Å². The van der Waals surface area contributed by atoms with Crippen LogP contribution in [0.25, 0.3) is 11.0 Å². The molecule has 32 heavy (non-hydrogen) atoms. The van der Waals surface area contributed by atoms with E-state index in [4.69, 9.17) is 4.74 Å². The van der Waals surface area contributed by atoms with Crippen LogP contribution in [0.4, 0.5) is 15.4 Å². The Balaban J connectivity index is 1.31. The summed E-state index contributed by atoms with van der Waals surface area (Å²) in [4.78, 5) is 34.1. The number of carbonyl (C=O) groups is 2. The number of aromatic nitrogens is 4. The third kappa shape index (κ3) is 5.01. The first-order chi connectivity index (χ1) is 15.2. The van der Waals surface area contributed by atoms with Crippen molar-refractivity contribution in [1.82, 2.24) is 30.0 Å². The number of benzene rings is 1. The summed E-state index contributed by atoms with van der Waals surface area (Å²) in [6.07, 6.45) is 2.27. The van der Waals surface area contributed by atoms with Crippen molar-refractivity contribution < 1.29 is 14.3 Å². The maximum Gasteiger partial charge on any atom is 0.410 e. The van der Waals surface area contributed by atoms with Crippen molar-refractivity contribution in [1.29, 1.82) is 0 Å². The van der Waals surface area contributed by atoms with Crippen molar-refractivity contribution in [3.05, 3.63) is 42.4 Å². The van der Waals surface area contributed by atoms with Crippen LogP contribution in [0.2, 0.25) is 0 Å². The molecule has 1 aliphatic rings. The highest BCUT2D eigenvalue weighted by Crippen LogP contribution is 2.24. The van der Waals surface area contributed by atoms with E-state index in [2.05, 4.69) is 25.7 Å². The molecule has 2 aromatic heterocycles. The predicted molar refractivity (Wildman–Crippen MR) is 120 cm³/mol. The fourth-order valence-corrected chi connectivity index (χ4v) is 3.65. The summed E-state index contributed by atoms with van der Waals surface area (Å²) in [6.45, 7) is 8.54. The largest absolute Gasteiger partial charge is 0.444 e. The molecular weight excluding hydrogens is 410 g/mol. The van der Waals surface area contributed by atoms with E-state index >= 15 is 0 Å². The summed E-state index contributed by atoms with van der Waals surface area (Å²) in [6, 6.07) is 8.82. The normalized spacial score (nSPS) is 17.4. The van der Waals surface area contributed by atoms with Gasteiger partial charge in [-0.05, 0) is 46.2 Å². The predicted octanol–water partition coefficient (Wildman–Crippen LogP) is 3.82. The van der Waals surface area contributed by atoms with Crippen molar-refractivity contribution >= 4 is 29.0 Å². The minimum Gasteiger partial charge on any atom is -0.444 e. The molecule has 1 fully saturated rings. The Kier molecular flexibility index (Phi) is 5.77. The minimum atomic E-state index is -0.523. The number of likely N-dealkylation sites (tertiary alicyclic amines) is 1. The first-order valence-corrected chi connectivity index (χ1v) is 10.7. The van der Waals surface area contributed by atoms with E-state index in [1.54, 1.807) is 15.6 Å². The van der Waals surface area contributed by atoms with Crippen LogP contribution in [0, 0.1) is 0 Å². The van der Waals surface area contributed by atoms with Crippen molar-refractivity contribution in [3.8, 4) is 0 Å². The van der Waals surface area contributed by atoms with Gasteiger partial charge in [0.15, 0.2) is 5.82 Å². The van der Waals surface area contributed by atoms with Crippen molar-refractivity contribution in [2.24, 2.45) is 0 Å². The number of nitrogens with one attached hydrogen (secondary N) is 3. The second-order valence-electron chi connectivity index (χ2n) is 9.01. The number of nitrogens with zero attached hydrogens (tertiary/aromatic N) is 4. The summed E-state index contributed by atoms with van der Waals surface area (Å²) >= 11 is 0. The molecular formula is C22H29N7O3. The molecule has 0 aliphatic carbocycles. The van der Waals surface area contributed by atoms with Gasteiger partial charge in [0.05, 0.1) is 23.1 Å². The molecule has 0 bridgehead atoms. The van der Waals surface area contributed by atoms with Crippen LogP contribution in [0.1, 0.15) is 52.0 Å². The number of amides is 3. The van der Waals surface area contributed by atoms with Gasteiger partial charge in [-0.25, -0.2) is 14.6 Å². The van der Waals surface area contributed by atoms with Crippen molar-refractivity contribution in [3.63, 3.8) is 0 Å². The van der Waals surface area contributed by atoms with Gasteiger partial charge in [0.2, 0.25) is 0 Å². The van der Waals surface area contributed by atoms with E-state index in [1.165, 1.54) is 0 Å². The quantitative estimate of drug-likeness (QED) is 0.571. The topological polar surface area (TPSA) is 117 Å². The number of para-hydroxylation sites is 2. The average Bonchev–Trinajstić information content (AvgIpc) is 3.45. The fourth-order valence-electron chi connectivity index (χ4n) is 3.65. The Morgan fingerprint density at radius 2 is 2.03 bits per heavy atom. The number of urea groups is 1. The summed E-state index contributed by atoms with van der Waals surface area (Å²) in [7, 11) is 0. The molecule has 3 N–H and O–H groups in total. The number of H-pyrrole nitrogens is 1. The Morgan fingerprint density at radius 3 is 2.78 bits per heavy atom. The molecule has 0 saturated carbocycles. The van der Waals surface area contributed by atoms with Gasteiger partial charge in [-0.15, -0.1) is 0 Å². The zero-order valence-electron chi connectivity index (χ0n) is 18.8. The van der Waals surface area contributed by atoms with Crippen LogP contribution < -0.4 is 10.6 Å². The number of carbonyl (C=O) groups excluding carboxylic acids is 2. The van der Waals surface area contributed by atoms with Gasteiger partial charge in [0.25, 0.3) is 0 Å². The van der Waals surface area contributed by atoms with Gasteiger partial charge in [0, 0.05) is 25.4 Å². The van der Waals surface area contributed by atoms with Gasteiger partial charge >= 0.3 is 12.1 Å². The maximum absolute atomic E-state index is 12.4. The molecule has 1 aliphatic heterocycles. The number of anilines is 1. The third-order valence-electron chi connectivity index (χ3n) is 5.20. The van der Waals surface area contributed by atoms with E-state index < -0.39 is 5.60 Å². The van der Waals surface area contributed by atoms with E-state index in [9.17, 15) is 9.59 Å². The van der Waals surface area contributed by atoms with Crippen LogP contribution >= 0.6 is 0 Å².